The van der Waals surface area contributed by atoms with Gasteiger partial charge in [-0.3, -0.25) is 9.69 Å². The van der Waals surface area contributed by atoms with Crippen LogP contribution < -0.4 is 5.32 Å². The molecule has 0 spiro atoms. The molecule has 5 nitrogen and oxygen atoms in total. The van der Waals surface area contributed by atoms with Crippen LogP contribution in [0.2, 0.25) is 5.02 Å². The molecule has 0 unspecified atom stereocenters. The van der Waals surface area contributed by atoms with E-state index < -0.39 is 12.1 Å². The van der Waals surface area contributed by atoms with Crippen LogP contribution in [-0.2, 0) is 16.1 Å². The lowest BCUT2D eigenvalue weighted by Gasteiger charge is -2.23. The van der Waals surface area contributed by atoms with Crippen molar-refractivity contribution >= 4 is 23.3 Å². The first-order valence-electron chi connectivity index (χ1n) is 8.24. The number of β-amino-alcohol motifs (C(OH)–C–C–N with tert-alkyl or cyclic N) is 1. The molecular formula is C19H21ClN2O3. The predicted octanol–water partition coefficient (Wildman–Crippen LogP) is 2.89. The normalized spacial score (nSPS) is 20.4. The van der Waals surface area contributed by atoms with Gasteiger partial charge in [0.2, 0.25) is 0 Å². The number of carbonyl (C=O) groups is 1. The molecule has 132 valence electrons. The molecule has 2 N–H and O–H groups in total. The molecule has 1 fully saturated rings. The van der Waals surface area contributed by atoms with E-state index in [9.17, 15) is 9.90 Å². The summed E-state index contributed by atoms with van der Waals surface area (Å²) in [4.78, 5) is 14.3. The fourth-order valence-corrected chi connectivity index (χ4v) is 3.01. The van der Waals surface area contributed by atoms with E-state index in [0.29, 0.717) is 24.7 Å². The first-order chi connectivity index (χ1) is 12.1. The van der Waals surface area contributed by atoms with Crippen LogP contribution in [0.15, 0.2) is 54.6 Å². The highest BCUT2D eigenvalue weighted by atomic mass is 35.5. The summed E-state index contributed by atoms with van der Waals surface area (Å²) in [6, 6.07) is 16.5. The number of hydrogen-bond donors (Lipinski definition) is 2. The minimum atomic E-state index is -0.527. The molecule has 1 saturated heterocycles. The summed E-state index contributed by atoms with van der Waals surface area (Å²) in [5.74, 6) is -0.307. The minimum Gasteiger partial charge on any atom is -0.460 e. The summed E-state index contributed by atoms with van der Waals surface area (Å²) in [5.41, 5.74) is 1.85. The maximum atomic E-state index is 12.4. The summed E-state index contributed by atoms with van der Waals surface area (Å²) < 4.78 is 5.42. The molecule has 3 rings (SSSR count). The van der Waals surface area contributed by atoms with Gasteiger partial charge in [0.1, 0.15) is 12.6 Å². The van der Waals surface area contributed by atoms with Crippen molar-refractivity contribution in [3.05, 3.63) is 65.2 Å². The Balaban J connectivity index is 1.55. The van der Waals surface area contributed by atoms with Crippen molar-refractivity contribution in [1.82, 2.24) is 4.90 Å². The number of aliphatic hydroxyl groups excluding tert-OH is 1. The van der Waals surface area contributed by atoms with Gasteiger partial charge in [0.25, 0.3) is 0 Å². The van der Waals surface area contributed by atoms with E-state index in [1.165, 1.54) is 0 Å². The van der Waals surface area contributed by atoms with Crippen molar-refractivity contribution in [3.8, 4) is 0 Å². The molecule has 1 heterocycles. The van der Waals surface area contributed by atoms with Gasteiger partial charge in [-0.2, -0.15) is 0 Å². The number of anilines is 1. The fraction of sp³-hybridized carbons (Fsp3) is 0.316. The molecule has 1 aliphatic rings. The third-order valence-electron chi connectivity index (χ3n) is 4.21. The zero-order chi connectivity index (χ0) is 17.6. The van der Waals surface area contributed by atoms with Gasteiger partial charge in [0.05, 0.1) is 12.8 Å². The Bertz CT molecular complexity index is 694. The number of aliphatic hydroxyl groups is 1. The Morgan fingerprint density at radius 1 is 1.20 bits per heavy atom. The van der Waals surface area contributed by atoms with E-state index in [2.05, 4.69) is 5.32 Å². The Labute approximate surface area is 152 Å². The maximum absolute atomic E-state index is 12.4. The summed E-state index contributed by atoms with van der Waals surface area (Å²) in [6.07, 6.45) is -0.142. The number of esters is 1. The Morgan fingerprint density at radius 3 is 2.64 bits per heavy atom. The van der Waals surface area contributed by atoms with Crippen LogP contribution in [0.5, 0.6) is 0 Å². The molecule has 0 bridgehead atoms. The van der Waals surface area contributed by atoms with E-state index >= 15 is 0 Å². The van der Waals surface area contributed by atoms with Gasteiger partial charge in [0, 0.05) is 23.7 Å². The Hall–Kier alpha value is -2.08. The Kier molecular flexibility index (Phi) is 5.91. The number of ether oxygens (including phenoxy) is 1. The average Bonchev–Trinajstić information content (AvgIpc) is 3.01. The second-order valence-corrected chi connectivity index (χ2v) is 6.55. The molecule has 6 heteroatoms. The number of benzene rings is 2. The monoisotopic (exact) mass is 360 g/mol. The highest BCUT2D eigenvalue weighted by Gasteiger charge is 2.36. The SMILES string of the molecule is O=C(OCc1ccccc1)[C@@H]1C[C@@H](O)CN1CNc1ccc(Cl)cc1. The van der Waals surface area contributed by atoms with Crippen LogP contribution in [0.1, 0.15) is 12.0 Å². The smallest absolute Gasteiger partial charge is 0.323 e. The van der Waals surface area contributed by atoms with Crippen molar-refractivity contribution < 1.29 is 14.6 Å². The number of nitrogens with one attached hydrogen (secondary N) is 1. The molecule has 0 aromatic heterocycles. The van der Waals surface area contributed by atoms with Crippen molar-refractivity contribution in [3.63, 3.8) is 0 Å². The number of hydrogen-bond acceptors (Lipinski definition) is 5. The second-order valence-electron chi connectivity index (χ2n) is 6.11. The Morgan fingerprint density at radius 2 is 1.92 bits per heavy atom. The summed E-state index contributed by atoms with van der Waals surface area (Å²) in [7, 11) is 0. The second kappa shape index (κ2) is 8.34. The largest absolute Gasteiger partial charge is 0.460 e. The van der Waals surface area contributed by atoms with Crippen molar-refractivity contribution in [2.75, 3.05) is 18.5 Å². The van der Waals surface area contributed by atoms with Gasteiger partial charge in [-0.1, -0.05) is 41.9 Å². The maximum Gasteiger partial charge on any atom is 0.323 e. The third-order valence-corrected chi connectivity index (χ3v) is 4.46. The van der Waals surface area contributed by atoms with Crippen molar-refractivity contribution in [2.45, 2.75) is 25.2 Å². The van der Waals surface area contributed by atoms with E-state index in [1.54, 1.807) is 12.1 Å². The highest BCUT2D eigenvalue weighted by Crippen LogP contribution is 2.20. The number of halogens is 1. The first-order valence-corrected chi connectivity index (χ1v) is 8.62. The lowest BCUT2D eigenvalue weighted by Crippen LogP contribution is -2.40. The molecule has 2 aromatic carbocycles. The molecule has 0 aliphatic carbocycles. The quantitative estimate of drug-likeness (QED) is 0.776. The number of carbonyl (C=O) groups excluding carboxylic acids is 1. The molecule has 0 radical (unpaired) electrons. The van der Waals surface area contributed by atoms with Gasteiger partial charge in [-0.25, -0.2) is 0 Å². The van der Waals surface area contributed by atoms with E-state index in [-0.39, 0.29) is 12.6 Å². The zero-order valence-corrected chi connectivity index (χ0v) is 14.5. The lowest BCUT2D eigenvalue weighted by molar-refractivity contribution is -0.150. The highest BCUT2D eigenvalue weighted by molar-refractivity contribution is 6.30. The number of likely N-dealkylation sites (tertiary alicyclic amines) is 1. The van der Waals surface area contributed by atoms with E-state index in [4.69, 9.17) is 16.3 Å². The minimum absolute atomic E-state index is 0.241. The van der Waals surface area contributed by atoms with Crippen LogP contribution >= 0.6 is 11.6 Å². The fourth-order valence-electron chi connectivity index (χ4n) is 2.88. The van der Waals surface area contributed by atoms with E-state index in [0.717, 1.165) is 11.3 Å². The lowest BCUT2D eigenvalue weighted by atomic mass is 10.2. The third kappa shape index (κ3) is 4.95. The number of rotatable bonds is 6. The zero-order valence-electron chi connectivity index (χ0n) is 13.8. The number of nitrogens with zero attached hydrogens (tertiary/aromatic N) is 1. The van der Waals surface area contributed by atoms with Gasteiger partial charge in [0.15, 0.2) is 0 Å². The molecule has 2 atom stereocenters. The van der Waals surface area contributed by atoms with Crippen molar-refractivity contribution in [2.24, 2.45) is 0 Å². The predicted molar refractivity (Wildman–Crippen MR) is 97.3 cm³/mol. The molecular weight excluding hydrogens is 340 g/mol. The molecule has 25 heavy (non-hydrogen) atoms. The molecule has 0 saturated carbocycles. The van der Waals surface area contributed by atoms with Crippen LogP contribution in [0.25, 0.3) is 0 Å². The van der Waals surface area contributed by atoms with Crippen LogP contribution in [0.4, 0.5) is 5.69 Å². The van der Waals surface area contributed by atoms with E-state index in [1.807, 2.05) is 47.4 Å². The topological polar surface area (TPSA) is 61.8 Å². The molecule has 2 aromatic rings. The molecule has 1 aliphatic heterocycles. The first kappa shape index (κ1) is 17.7. The van der Waals surface area contributed by atoms with Crippen LogP contribution in [-0.4, -0.2) is 41.3 Å². The van der Waals surface area contributed by atoms with Gasteiger partial charge in [-0.15, -0.1) is 0 Å². The van der Waals surface area contributed by atoms with Gasteiger partial charge in [-0.05, 0) is 29.8 Å². The summed E-state index contributed by atoms with van der Waals surface area (Å²) in [5, 5.41) is 13.9. The van der Waals surface area contributed by atoms with Crippen LogP contribution in [0, 0.1) is 0 Å². The van der Waals surface area contributed by atoms with Gasteiger partial charge < -0.3 is 15.2 Å². The van der Waals surface area contributed by atoms with Crippen molar-refractivity contribution in [1.29, 1.82) is 0 Å². The summed E-state index contributed by atoms with van der Waals surface area (Å²) in [6.45, 7) is 1.13. The van der Waals surface area contributed by atoms with Gasteiger partial charge >= 0.3 is 5.97 Å². The average molecular weight is 361 g/mol. The molecule has 0 amide bonds. The standard InChI is InChI=1S/C19H21ClN2O3/c20-15-6-8-16(9-7-15)21-13-22-11-17(23)10-18(22)19(24)25-12-14-4-2-1-3-5-14/h1-9,17-18,21,23H,10-13H2/t17-,18+/m1/s1. The van der Waals surface area contributed by atoms with Crippen LogP contribution in [0.3, 0.4) is 0 Å². The summed E-state index contributed by atoms with van der Waals surface area (Å²) >= 11 is 5.88.